The molecule has 1 fully saturated rings. The molecule has 0 spiro atoms. The highest BCUT2D eigenvalue weighted by Crippen LogP contribution is 2.13. The number of hydrogen-bond donors (Lipinski definition) is 1. The third kappa shape index (κ3) is 2.04. The first-order valence-electron chi connectivity index (χ1n) is 4.71. The SMILES string of the molecule is COC(=O)C(C)N1CCCC(N)C1=O. The first-order chi connectivity index (χ1) is 6.57. The second kappa shape index (κ2) is 4.41. The minimum atomic E-state index is -0.529. The van der Waals surface area contributed by atoms with E-state index >= 15 is 0 Å². The Morgan fingerprint density at radius 3 is 2.93 bits per heavy atom. The number of esters is 1. The Kier molecular flexibility index (Phi) is 3.46. The lowest BCUT2D eigenvalue weighted by Gasteiger charge is -2.33. The van der Waals surface area contributed by atoms with Crippen LogP contribution in [0.2, 0.25) is 0 Å². The summed E-state index contributed by atoms with van der Waals surface area (Å²) in [5, 5.41) is 0. The topological polar surface area (TPSA) is 72.6 Å². The van der Waals surface area contributed by atoms with Crippen molar-refractivity contribution in [1.29, 1.82) is 0 Å². The normalized spacial score (nSPS) is 24.6. The molecule has 0 aromatic carbocycles. The maximum absolute atomic E-state index is 11.6. The van der Waals surface area contributed by atoms with Gasteiger partial charge in [-0.1, -0.05) is 0 Å². The Morgan fingerprint density at radius 2 is 2.36 bits per heavy atom. The van der Waals surface area contributed by atoms with Gasteiger partial charge in [0.25, 0.3) is 0 Å². The third-order valence-electron chi connectivity index (χ3n) is 2.52. The van der Waals surface area contributed by atoms with Crippen molar-refractivity contribution in [1.82, 2.24) is 4.90 Å². The van der Waals surface area contributed by atoms with E-state index in [9.17, 15) is 9.59 Å². The van der Waals surface area contributed by atoms with E-state index in [-0.39, 0.29) is 5.91 Å². The van der Waals surface area contributed by atoms with Crippen molar-refractivity contribution >= 4 is 11.9 Å². The van der Waals surface area contributed by atoms with Crippen LogP contribution in [0.5, 0.6) is 0 Å². The van der Waals surface area contributed by atoms with Crippen molar-refractivity contribution in [3.8, 4) is 0 Å². The predicted molar refractivity (Wildman–Crippen MR) is 50.4 cm³/mol. The molecule has 0 radical (unpaired) electrons. The van der Waals surface area contributed by atoms with E-state index < -0.39 is 18.1 Å². The highest BCUT2D eigenvalue weighted by atomic mass is 16.5. The molecule has 0 aromatic heterocycles. The first kappa shape index (κ1) is 11.0. The molecule has 0 aliphatic carbocycles. The summed E-state index contributed by atoms with van der Waals surface area (Å²) < 4.78 is 4.58. The summed E-state index contributed by atoms with van der Waals surface area (Å²) >= 11 is 0. The lowest BCUT2D eigenvalue weighted by molar-refractivity contribution is -0.153. The molecule has 1 amide bonds. The van der Waals surface area contributed by atoms with Gasteiger partial charge in [0.05, 0.1) is 13.2 Å². The Hall–Kier alpha value is -1.10. The molecule has 0 saturated carbocycles. The van der Waals surface area contributed by atoms with Gasteiger partial charge in [0.15, 0.2) is 0 Å². The van der Waals surface area contributed by atoms with Crippen molar-refractivity contribution in [2.75, 3.05) is 13.7 Å². The van der Waals surface area contributed by atoms with Crippen LogP contribution in [0.1, 0.15) is 19.8 Å². The van der Waals surface area contributed by atoms with Gasteiger partial charge >= 0.3 is 5.97 Å². The van der Waals surface area contributed by atoms with E-state index in [1.165, 1.54) is 12.0 Å². The average molecular weight is 200 g/mol. The second-order valence-electron chi connectivity index (χ2n) is 3.48. The standard InChI is InChI=1S/C9H16N2O3/c1-6(9(13)14-2)11-5-3-4-7(10)8(11)12/h6-7H,3-5,10H2,1-2H3. The molecule has 80 valence electrons. The van der Waals surface area contributed by atoms with Crippen molar-refractivity contribution < 1.29 is 14.3 Å². The number of rotatable bonds is 2. The minimum Gasteiger partial charge on any atom is -0.467 e. The maximum Gasteiger partial charge on any atom is 0.328 e. The third-order valence-corrected chi connectivity index (χ3v) is 2.52. The molecule has 1 heterocycles. The van der Waals surface area contributed by atoms with Gasteiger partial charge in [0.2, 0.25) is 5.91 Å². The zero-order chi connectivity index (χ0) is 10.7. The number of nitrogens with two attached hydrogens (primary N) is 1. The second-order valence-corrected chi connectivity index (χ2v) is 3.48. The van der Waals surface area contributed by atoms with Crippen LogP contribution in [0.3, 0.4) is 0 Å². The summed E-state index contributed by atoms with van der Waals surface area (Å²) in [6.07, 6.45) is 1.54. The maximum atomic E-state index is 11.6. The molecule has 5 heteroatoms. The quantitative estimate of drug-likeness (QED) is 0.610. The molecular formula is C9H16N2O3. The van der Waals surface area contributed by atoms with Gasteiger partial charge in [0.1, 0.15) is 6.04 Å². The van der Waals surface area contributed by atoms with Gasteiger partial charge in [-0.3, -0.25) is 4.79 Å². The van der Waals surface area contributed by atoms with Gasteiger partial charge in [-0.25, -0.2) is 4.79 Å². The molecule has 14 heavy (non-hydrogen) atoms. The number of carbonyl (C=O) groups is 2. The van der Waals surface area contributed by atoms with Gasteiger partial charge in [-0.15, -0.1) is 0 Å². The molecule has 1 saturated heterocycles. The molecule has 1 aliphatic heterocycles. The Labute approximate surface area is 83.2 Å². The van der Waals surface area contributed by atoms with E-state index in [0.29, 0.717) is 13.0 Å². The van der Waals surface area contributed by atoms with Crippen LogP contribution >= 0.6 is 0 Å². The largest absolute Gasteiger partial charge is 0.467 e. The van der Waals surface area contributed by atoms with Crippen LogP contribution in [-0.4, -0.2) is 42.5 Å². The highest BCUT2D eigenvalue weighted by Gasteiger charge is 2.32. The van der Waals surface area contributed by atoms with Gasteiger partial charge in [-0.05, 0) is 19.8 Å². The fourth-order valence-electron chi connectivity index (χ4n) is 1.61. The van der Waals surface area contributed by atoms with Crippen molar-refractivity contribution in [3.05, 3.63) is 0 Å². The van der Waals surface area contributed by atoms with Crippen molar-refractivity contribution in [2.45, 2.75) is 31.8 Å². The number of carbonyl (C=O) groups excluding carboxylic acids is 2. The van der Waals surface area contributed by atoms with Crippen LogP contribution in [-0.2, 0) is 14.3 Å². The summed E-state index contributed by atoms with van der Waals surface area (Å²) in [6.45, 7) is 2.24. The number of hydrogen-bond acceptors (Lipinski definition) is 4. The molecule has 2 N–H and O–H groups in total. The zero-order valence-corrected chi connectivity index (χ0v) is 8.53. The van der Waals surface area contributed by atoms with E-state index in [1.54, 1.807) is 6.92 Å². The van der Waals surface area contributed by atoms with Crippen LogP contribution in [0.25, 0.3) is 0 Å². The predicted octanol–water partition coefficient (Wildman–Crippen LogP) is -0.502. The van der Waals surface area contributed by atoms with Gasteiger partial charge < -0.3 is 15.4 Å². The van der Waals surface area contributed by atoms with Crippen LogP contribution in [0.15, 0.2) is 0 Å². The van der Waals surface area contributed by atoms with E-state index in [2.05, 4.69) is 4.74 Å². The summed E-state index contributed by atoms with van der Waals surface area (Å²) in [5.41, 5.74) is 5.60. The van der Waals surface area contributed by atoms with Crippen molar-refractivity contribution in [3.63, 3.8) is 0 Å². The number of ether oxygens (including phenoxy) is 1. The van der Waals surface area contributed by atoms with E-state index in [1.807, 2.05) is 0 Å². The molecule has 0 aromatic rings. The molecule has 0 bridgehead atoms. The highest BCUT2D eigenvalue weighted by molar-refractivity contribution is 5.87. The van der Waals surface area contributed by atoms with Crippen LogP contribution in [0, 0.1) is 0 Å². The molecule has 5 nitrogen and oxygen atoms in total. The molecule has 2 unspecified atom stereocenters. The lowest BCUT2D eigenvalue weighted by atomic mass is 10.0. The van der Waals surface area contributed by atoms with Crippen LogP contribution in [0.4, 0.5) is 0 Å². The van der Waals surface area contributed by atoms with E-state index in [0.717, 1.165) is 6.42 Å². The Morgan fingerprint density at radius 1 is 1.71 bits per heavy atom. The molecular weight excluding hydrogens is 184 g/mol. The lowest BCUT2D eigenvalue weighted by Crippen LogP contribution is -2.54. The number of nitrogens with zero attached hydrogens (tertiary/aromatic N) is 1. The van der Waals surface area contributed by atoms with Crippen molar-refractivity contribution in [2.24, 2.45) is 5.73 Å². The zero-order valence-electron chi connectivity index (χ0n) is 8.53. The number of amides is 1. The molecule has 2 atom stereocenters. The van der Waals surface area contributed by atoms with E-state index in [4.69, 9.17) is 5.73 Å². The summed E-state index contributed by atoms with van der Waals surface area (Å²) in [6, 6.07) is -0.991. The fourth-order valence-corrected chi connectivity index (χ4v) is 1.61. The Bertz CT molecular complexity index is 242. The number of likely N-dealkylation sites (tertiary alicyclic amines) is 1. The van der Waals surface area contributed by atoms with Crippen LogP contribution < -0.4 is 5.73 Å². The monoisotopic (exact) mass is 200 g/mol. The van der Waals surface area contributed by atoms with Gasteiger partial charge in [-0.2, -0.15) is 0 Å². The Balaban J connectivity index is 2.66. The minimum absolute atomic E-state index is 0.158. The summed E-state index contributed by atoms with van der Waals surface area (Å²) in [5.74, 6) is -0.554. The number of methoxy groups -OCH3 is 1. The number of piperidine rings is 1. The molecule has 1 rings (SSSR count). The summed E-state index contributed by atoms with van der Waals surface area (Å²) in [4.78, 5) is 24.3. The molecule has 1 aliphatic rings. The first-order valence-corrected chi connectivity index (χ1v) is 4.71. The smallest absolute Gasteiger partial charge is 0.328 e. The summed E-state index contributed by atoms with van der Waals surface area (Å²) in [7, 11) is 1.31. The average Bonchev–Trinajstić information content (AvgIpc) is 2.20. The fraction of sp³-hybridized carbons (Fsp3) is 0.778. The van der Waals surface area contributed by atoms with Gasteiger partial charge in [0, 0.05) is 6.54 Å².